The highest BCUT2D eigenvalue weighted by atomic mass is 127. The van der Waals surface area contributed by atoms with Crippen molar-refractivity contribution in [2.75, 3.05) is 18.4 Å². The average Bonchev–Trinajstić information content (AvgIpc) is 2.50. The van der Waals surface area contributed by atoms with Crippen molar-refractivity contribution < 1.29 is 18.0 Å². The maximum absolute atomic E-state index is 12.0. The van der Waals surface area contributed by atoms with Crippen LogP contribution >= 0.6 is 24.0 Å². The van der Waals surface area contributed by atoms with Crippen LogP contribution in [-0.2, 0) is 17.6 Å². The van der Waals surface area contributed by atoms with Crippen LogP contribution in [0.3, 0.4) is 0 Å². The van der Waals surface area contributed by atoms with E-state index in [-0.39, 0.29) is 29.9 Å². The number of amides is 1. The Kier molecular flexibility index (Phi) is 7.77. The fourth-order valence-corrected chi connectivity index (χ4v) is 2.49. The van der Waals surface area contributed by atoms with E-state index in [0.717, 1.165) is 31.4 Å². The van der Waals surface area contributed by atoms with Gasteiger partial charge in [-0.05, 0) is 42.9 Å². The standard InChI is InChI=1S/C15H19F3N4O.HI/c16-15(17,18)9-21-13(23)8-20-14(19)22-12-7-3-5-10-4-1-2-6-11(10)12;/h3,5,7H,1-2,4,6,8-9H2,(H,21,23)(H3,19,20,22);1H. The number of carbonyl (C=O) groups excluding carboxylic acids is 1. The van der Waals surface area contributed by atoms with Gasteiger partial charge in [0.05, 0.1) is 0 Å². The number of fused-ring (bicyclic) bond motifs is 1. The minimum Gasteiger partial charge on any atom is -0.370 e. The molecule has 0 saturated carbocycles. The Bertz CT molecular complexity index is 605. The highest BCUT2D eigenvalue weighted by molar-refractivity contribution is 14.0. The summed E-state index contributed by atoms with van der Waals surface area (Å²) in [5, 5.41) is 4.66. The van der Waals surface area contributed by atoms with Crippen LogP contribution in [0.25, 0.3) is 0 Å². The third-order valence-corrected chi connectivity index (χ3v) is 3.54. The van der Waals surface area contributed by atoms with Crippen LogP contribution in [0.5, 0.6) is 0 Å². The van der Waals surface area contributed by atoms with Crippen molar-refractivity contribution in [3.63, 3.8) is 0 Å². The number of hydrogen-bond acceptors (Lipinski definition) is 2. The van der Waals surface area contributed by atoms with Crippen LogP contribution in [0.2, 0.25) is 0 Å². The minimum atomic E-state index is -4.44. The van der Waals surface area contributed by atoms with E-state index in [1.165, 1.54) is 11.1 Å². The fourth-order valence-electron chi connectivity index (χ4n) is 2.49. The Morgan fingerprint density at radius 2 is 1.96 bits per heavy atom. The zero-order valence-corrected chi connectivity index (χ0v) is 15.3. The lowest BCUT2D eigenvalue weighted by atomic mass is 9.90. The molecule has 1 aromatic rings. The molecule has 1 aromatic carbocycles. The first-order chi connectivity index (χ1) is 10.8. The van der Waals surface area contributed by atoms with Gasteiger partial charge in [0, 0.05) is 5.69 Å². The number of nitrogens with one attached hydrogen (secondary N) is 2. The number of guanidine groups is 1. The zero-order valence-electron chi connectivity index (χ0n) is 12.9. The maximum atomic E-state index is 12.0. The lowest BCUT2D eigenvalue weighted by Gasteiger charge is -2.19. The van der Waals surface area contributed by atoms with Crippen molar-refractivity contribution in [3.05, 3.63) is 29.3 Å². The second-order valence-electron chi connectivity index (χ2n) is 5.37. The Morgan fingerprint density at radius 3 is 2.67 bits per heavy atom. The maximum Gasteiger partial charge on any atom is 0.405 e. The van der Waals surface area contributed by atoms with Crippen LogP contribution in [0, 0.1) is 0 Å². The number of benzene rings is 1. The lowest BCUT2D eigenvalue weighted by molar-refractivity contribution is -0.137. The van der Waals surface area contributed by atoms with Crippen molar-refractivity contribution in [2.24, 2.45) is 10.7 Å². The summed E-state index contributed by atoms with van der Waals surface area (Å²) in [5.74, 6) is -0.826. The molecule has 0 spiro atoms. The van der Waals surface area contributed by atoms with E-state index < -0.39 is 25.2 Å². The minimum absolute atomic E-state index is 0. The number of hydrogen-bond donors (Lipinski definition) is 3. The summed E-state index contributed by atoms with van der Waals surface area (Å²) in [6, 6.07) is 5.85. The van der Waals surface area contributed by atoms with Crippen molar-refractivity contribution in [3.8, 4) is 0 Å². The van der Waals surface area contributed by atoms with Crippen molar-refractivity contribution in [2.45, 2.75) is 31.9 Å². The Balaban J connectivity index is 0.00000288. The smallest absolute Gasteiger partial charge is 0.370 e. The average molecular weight is 456 g/mol. The highest BCUT2D eigenvalue weighted by Crippen LogP contribution is 2.27. The normalized spacial score (nSPS) is 14.4. The lowest BCUT2D eigenvalue weighted by Crippen LogP contribution is -2.36. The molecular weight excluding hydrogens is 436 g/mol. The van der Waals surface area contributed by atoms with Crippen LogP contribution in [0.4, 0.5) is 18.9 Å². The van der Waals surface area contributed by atoms with E-state index in [1.807, 2.05) is 12.1 Å². The Hall–Kier alpha value is -1.52. The Labute approximate surface area is 155 Å². The summed E-state index contributed by atoms with van der Waals surface area (Å²) in [5.41, 5.74) is 8.98. The molecule has 0 aliphatic heterocycles. The molecule has 1 aliphatic carbocycles. The summed E-state index contributed by atoms with van der Waals surface area (Å²) in [7, 11) is 0. The van der Waals surface area contributed by atoms with Gasteiger partial charge >= 0.3 is 6.18 Å². The van der Waals surface area contributed by atoms with Gasteiger partial charge in [-0.3, -0.25) is 4.79 Å². The highest BCUT2D eigenvalue weighted by Gasteiger charge is 2.27. The first-order valence-corrected chi connectivity index (χ1v) is 7.36. The van der Waals surface area contributed by atoms with Gasteiger partial charge in [-0.1, -0.05) is 12.1 Å². The molecule has 0 radical (unpaired) electrons. The molecule has 0 bridgehead atoms. The SMILES string of the molecule is I.NC(=NCC(=O)NCC(F)(F)F)Nc1cccc2c1CCCC2. The summed E-state index contributed by atoms with van der Waals surface area (Å²) in [6.45, 7) is -1.83. The van der Waals surface area contributed by atoms with E-state index in [4.69, 9.17) is 5.73 Å². The van der Waals surface area contributed by atoms with Crippen LogP contribution in [0.15, 0.2) is 23.2 Å². The third-order valence-electron chi connectivity index (χ3n) is 3.54. The van der Waals surface area contributed by atoms with E-state index in [0.29, 0.717) is 0 Å². The number of aryl methyl sites for hydroxylation is 1. The monoisotopic (exact) mass is 456 g/mol. The number of carbonyl (C=O) groups is 1. The van der Waals surface area contributed by atoms with Gasteiger partial charge in [0.15, 0.2) is 5.96 Å². The van der Waals surface area contributed by atoms with E-state index >= 15 is 0 Å². The van der Waals surface area contributed by atoms with Crippen LogP contribution in [0.1, 0.15) is 24.0 Å². The second-order valence-corrected chi connectivity index (χ2v) is 5.37. The molecule has 9 heteroatoms. The van der Waals surface area contributed by atoms with Gasteiger partial charge in [0.2, 0.25) is 5.91 Å². The first kappa shape index (κ1) is 20.5. The zero-order chi connectivity index (χ0) is 16.9. The number of aliphatic imine (C=N–C) groups is 1. The molecule has 0 saturated heterocycles. The third kappa shape index (κ3) is 6.54. The summed E-state index contributed by atoms with van der Waals surface area (Å²) in [6.07, 6.45) is -0.228. The molecular formula is C15H20F3IN4O. The van der Waals surface area contributed by atoms with Gasteiger partial charge in [-0.2, -0.15) is 13.2 Å². The number of anilines is 1. The Morgan fingerprint density at radius 1 is 1.25 bits per heavy atom. The van der Waals surface area contributed by atoms with E-state index in [2.05, 4.69) is 16.4 Å². The topological polar surface area (TPSA) is 79.5 Å². The molecule has 0 unspecified atom stereocenters. The quantitative estimate of drug-likeness (QED) is 0.370. The van der Waals surface area contributed by atoms with E-state index in [1.54, 1.807) is 5.32 Å². The summed E-state index contributed by atoms with van der Waals surface area (Å²) >= 11 is 0. The molecule has 5 nitrogen and oxygen atoms in total. The molecule has 2 rings (SSSR count). The largest absolute Gasteiger partial charge is 0.405 e. The second kappa shape index (κ2) is 9.09. The van der Waals surface area contributed by atoms with Gasteiger partial charge in [-0.15, -0.1) is 24.0 Å². The number of halogens is 4. The molecule has 0 heterocycles. The van der Waals surface area contributed by atoms with Gasteiger partial charge in [0.1, 0.15) is 13.1 Å². The van der Waals surface area contributed by atoms with E-state index in [9.17, 15) is 18.0 Å². The van der Waals surface area contributed by atoms with Crippen LogP contribution < -0.4 is 16.4 Å². The molecule has 1 amide bonds. The van der Waals surface area contributed by atoms with Crippen molar-refractivity contribution in [1.82, 2.24) is 5.32 Å². The number of rotatable bonds is 4. The van der Waals surface area contributed by atoms with Gasteiger partial charge in [0.25, 0.3) is 0 Å². The van der Waals surface area contributed by atoms with Gasteiger partial charge in [-0.25, -0.2) is 4.99 Å². The van der Waals surface area contributed by atoms with Crippen LogP contribution in [-0.4, -0.2) is 31.1 Å². The fraction of sp³-hybridized carbons (Fsp3) is 0.467. The molecule has 24 heavy (non-hydrogen) atoms. The number of alkyl halides is 3. The molecule has 0 aromatic heterocycles. The summed E-state index contributed by atoms with van der Waals surface area (Å²) < 4.78 is 35.9. The molecule has 1 aliphatic rings. The predicted molar refractivity (Wildman–Crippen MR) is 97.7 cm³/mol. The molecule has 0 atom stereocenters. The predicted octanol–water partition coefficient (Wildman–Crippen LogP) is 2.59. The first-order valence-electron chi connectivity index (χ1n) is 7.36. The number of nitrogens with two attached hydrogens (primary N) is 1. The van der Waals surface area contributed by atoms with Crippen molar-refractivity contribution >= 4 is 41.5 Å². The molecule has 0 fully saturated rings. The summed E-state index contributed by atoms with van der Waals surface area (Å²) in [4.78, 5) is 15.1. The number of nitrogens with zero attached hydrogens (tertiary/aromatic N) is 1. The van der Waals surface area contributed by atoms with Crippen molar-refractivity contribution in [1.29, 1.82) is 0 Å². The molecule has 4 N–H and O–H groups in total. The molecule has 134 valence electrons. The van der Waals surface area contributed by atoms with Gasteiger partial charge < -0.3 is 16.4 Å².